The molecule has 0 heterocycles. The van der Waals surface area contributed by atoms with Gasteiger partial charge in [-0.25, -0.2) is 0 Å². The van der Waals surface area contributed by atoms with Crippen LogP contribution in [0.5, 0.6) is 0 Å². The van der Waals surface area contributed by atoms with Crippen molar-refractivity contribution in [2.24, 2.45) is 0 Å². The third-order valence-corrected chi connectivity index (χ3v) is 3.78. The quantitative estimate of drug-likeness (QED) is 0.822. The monoisotopic (exact) mass is 244 g/mol. The summed E-state index contributed by atoms with van der Waals surface area (Å²) in [5, 5.41) is 6.51. The first-order valence-corrected chi connectivity index (χ1v) is 6.91. The lowest BCUT2D eigenvalue weighted by Crippen LogP contribution is -2.37. The highest BCUT2D eigenvalue weighted by Gasteiger charge is 2.23. The molecule has 1 amide bonds. The van der Waals surface area contributed by atoms with E-state index in [9.17, 15) is 4.79 Å². The summed E-state index contributed by atoms with van der Waals surface area (Å²) < 4.78 is 0. The molecule has 0 unspecified atom stereocenters. The van der Waals surface area contributed by atoms with Crippen LogP contribution >= 0.6 is 0 Å². The van der Waals surface area contributed by atoms with Crippen LogP contribution in [0.3, 0.4) is 0 Å². The van der Waals surface area contributed by atoms with Gasteiger partial charge in [0.1, 0.15) is 0 Å². The fraction of sp³-hybridized carbons (Fsp3) is 0.533. The molecule has 0 aliphatic heterocycles. The average Bonchev–Trinajstić information content (AvgIpc) is 3.08. The first-order chi connectivity index (χ1) is 8.81. The predicted octanol–water partition coefficient (Wildman–Crippen LogP) is 1.41. The smallest absolute Gasteiger partial charge is 0.221 e. The van der Waals surface area contributed by atoms with Gasteiger partial charge in [0.2, 0.25) is 5.91 Å². The lowest BCUT2D eigenvalue weighted by molar-refractivity contribution is -0.121. The van der Waals surface area contributed by atoms with E-state index in [4.69, 9.17) is 0 Å². The van der Waals surface area contributed by atoms with Gasteiger partial charge in [-0.15, -0.1) is 0 Å². The maximum atomic E-state index is 11.8. The number of amides is 1. The fourth-order valence-electron chi connectivity index (χ4n) is 2.64. The van der Waals surface area contributed by atoms with Crippen molar-refractivity contribution in [1.82, 2.24) is 10.6 Å². The molecule has 1 fully saturated rings. The average molecular weight is 244 g/mol. The van der Waals surface area contributed by atoms with E-state index in [-0.39, 0.29) is 5.91 Å². The minimum Gasteiger partial charge on any atom is -0.353 e. The zero-order valence-electron chi connectivity index (χ0n) is 10.6. The highest BCUT2D eigenvalue weighted by Crippen LogP contribution is 2.21. The Morgan fingerprint density at radius 2 is 1.78 bits per heavy atom. The van der Waals surface area contributed by atoms with Crippen LogP contribution in [0.2, 0.25) is 0 Å². The molecule has 0 saturated heterocycles. The number of benzene rings is 1. The van der Waals surface area contributed by atoms with Gasteiger partial charge < -0.3 is 10.6 Å². The Morgan fingerprint density at radius 1 is 1.11 bits per heavy atom. The number of carbonyl (C=O) groups is 1. The molecule has 1 saturated carbocycles. The summed E-state index contributed by atoms with van der Waals surface area (Å²) >= 11 is 0. The fourth-order valence-corrected chi connectivity index (χ4v) is 2.64. The zero-order chi connectivity index (χ0) is 12.4. The van der Waals surface area contributed by atoms with Crippen LogP contribution in [0.15, 0.2) is 24.3 Å². The predicted molar refractivity (Wildman–Crippen MR) is 71.4 cm³/mol. The van der Waals surface area contributed by atoms with Crippen molar-refractivity contribution in [3.05, 3.63) is 35.4 Å². The first kappa shape index (κ1) is 11.7. The molecule has 0 spiro atoms. The molecule has 1 aromatic rings. The van der Waals surface area contributed by atoms with E-state index >= 15 is 0 Å². The van der Waals surface area contributed by atoms with Crippen molar-refractivity contribution in [3.8, 4) is 0 Å². The van der Waals surface area contributed by atoms with Gasteiger partial charge in [-0.1, -0.05) is 24.3 Å². The molecular formula is C15H20N2O. The number of nitrogens with one attached hydrogen (secondary N) is 2. The number of fused-ring (bicyclic) bond motifs is 1. The number of hydrogen-bond donors (Lipinski definition) is 2. The first-order valence-electron chi connectivity index (χ1n) is 6.91. The van der Waals surface area contributed by atoms with Gasteiger partial charge in [-0.3, -0.25) is 4.79 Å². The molecule has 0 bridgehead atoms. The second-order valence-electron chi connectivity index (χ2n) is 5.42. The van der Waals surface area contributed by atoms with Gasteiger partial charge >= 0.3 is 0 Å². The van der Waals surface area contributed by atoms with Crippen molar-refractivity contribution in [2.45, 2.75) is 44.2 Å². The van der Waals surface area contributed by atoms with Crippen molar-refractivity contribution < 1.29 is 4.79 Å². The molecule has 96 valence electrons. The maximum absolute atomic E-state index is 11.8. The van der Waals surface area contributed by atoms with Crippen molar-refractivity contribution in [2.75, 3.05) is 6.54 Å². The molecule has 18 heavy (non-hydrogen) atoms. The van der Waals surface area contributed by atoms with E-state index in [2.05, 4.69) is 34.9 Å². The molecule has 2 aliphatic carbocycles. The van der Waals surface area contributed by atoms with E-state index in [0.29, 0.717) is 18.5 Å². The molecule has 3 nitrogen and oxygen atoms in total. The topological polar surface area (TPSA) is 41.1 Å². The van der Waals surface area contributed by atoms with Crippen LogP contribution in [0.25, 0.3) is 0 Å². The Bertz CT molecular complexity index is 415. The van der Waals surface area contributed by atoms with Crippen LogP contribution in [0.1, 0.15) is 30.4 Å². The minimum absolute atomic E-state index is 0.181. The summed E-state index contributed by atoms with van der Waals surface area (Å²) in [5.41, 5.74) is 2.78. The van der Waals surface area contributed by atoms with Gasteiger partial charge in [0, 0.05) is 25.0 Å². The molecule has 1 aromatic carbocycles. The van der Waals surface area contributed by atoms with Crippen molar-refractivity contribution >= 4 is 5.91 Å². The highest BCUT2D eigenvalue weighted by molar-refractivity contribution is 5.76. The van der Waals surface area contributed by atoms with Crippen LogP contribution in [-0.4, -0.2) is 24.5 Å². The van der Waals surface area contributed by atoms with Crippen molar-refractivity contribution in [3.63, 3.8) is 0 Å². The molecular weight excluding hydrogens is 224 g/mol. The second-order valence-corrected chi connectivity index (χ2v) is 5.42. The Labute approximate surface area is 108 Å². The molecule has 0 radical (unpaired) electrons. The van der Waals surface area contributed by atoms with Crippen LogP contribution in [0.4, 0.5) is 0 Å². The van der Waals surface area contributed by atoms with Crippen molar-refractivity contribution in [1.29, 1.82) is 0 Å². The standard InChI is InChI=1S/C15H20N2O/c18-15(7-8-16-13-5-6-13)17-14-9-11-3-1-2-4-12(11)10-14/h1-4,13-14,16H,5-10H2,(H,17,18). The molecule has 0 aromatic heterocycles. The Balaban J connectivity index is 1.42. The normalized spacial score (nSPS) is 18.7. The second kappa shape index (κ2) is 5.11. The van der Waals surface area contributed by atoms with Gasteiger partial charge in [0.05, 0.1) is 0 Å². The molecule has 0 atom stereocenters. The van der Waals surface area contributed by atoms with Gasteiger partial charge in [-0.2, -0.15) is 0 Å². The molecule has 3 heteroatoms. The van der Waals surface area contributed by atoms with E-state index < -0.39 is 0 Å². The summed E-state index contributed by atoms with van der Waals surface area (Å²) in [6, 6.07) is 9.46. The Kier molecular flexibility index (Phi) is 3.33. The number of hydrogen-bond acceptors (Lipinski definition) is 2. The van der Waals surface area contributed by atoms with Crippen LogP contribution in [0, 0.1) is 0 Å². The van der Waals surface area contributed by atoms with E-state index in [1.807, 2.05) is 0 Å². The summed E-state index contributed by atoms with van der Waals surface area (Å²) in [6.45, 7) is 0.816. The van der Waals surface area contributed by atoms with Gasteiger partial charge in [0.25, 0.3) is 0 Å². The molecule has 2 aliphatic rings. The summed E-state index contributed by atoms with van der Waals surface area (Å²) in [5.74, 6) is 0.181. The highest BCUT2D eigenvalue weighted by atomic mass is 16.1. The SMILES string of the molecule is O=C(CCNC1CC1)NC1Cc2ccccc2C1. The molecule has 3 rings (SSSR count). The third-order valence-electron chi connectivity index (χ3n) is 3.78. The lowest BCUT2D eigenvalue weighted by atomic mass is 10.1. The zero-order valence-corrected chi connectivity index (χ0v) is 10.6. The van der Waals surface area contributed by atoms with Gasteiger partial charge in [-0.05, 0) is 36.8 Å². The lowest BCUT2D eigenvalue weighted by Gasteiger charge is -2.12. The van der Waals surface area contributed by atoms with Gasteiger partial charge in [0.15, 0.2) is 0 Å². The maximum Gasteiger partial charge on any atom is 0.221 e. The molecule has 2 N–H and O–H groups in total. The Hall–Kier alpha value is -1.35. The largest absolute Gasteiger partial charge is 0.353 e. The van der Waals surface area contributed by atoms with E-state index in [1.165, 1.54) is 24.0 Å². The summed E-state index contributed by atoms with van der Waals surface area (Å²) in [4.78, 5) is 11.8. The minimum atomic E-state index is 0.181. The van der Waals surface area contributed by atoms with E-state index in [0.717, 1.165) is 19.4 Å². The van der Waals surface area contributed by atoms with Crippen LogP contribution < -0.4 is 10.6 Å². The van der Waals surface area contributed by atoms with Crippen LogP contribution in [-0.2, 0) is 17.6 Å². The Morgan fingerprint density at radius 3 is 2.39 bits per heavy atom. The van der Waals surface area contributed by atoms with E-state index in [1.54, 1.807) is 0 Å². The number of carbonyl (C=O) groups excluding carboxylic acids is 1. The summed E-state index contributed by atoms with van der Waals surface area (Å²) in [6.07, 6.45) is 5.12. The summed E-state index contributed by atoms with van der Waals surface area (Å²) in [7, 11) is 0. The third kappa shape index (κ3) is 2.91. The number of rotatable bonds is 5.